The van der Waals surface area contributed by atoms with Gasteiger partial charge in [0.25, 0.3) is 6.43 Å². The summed E-state index contributed by atoms with van der Waals surface area (Å²) in [7, 11) is 0. The van der Waals surface area contributed by atoms with E-state index in [2.05, 4.69) is 4.98 Å². The van der Waals surface area contributed by atoms with E-state index in [0.29, 0.717) is 9.39 Å². The number of pyridine rings is 1. The molecule has 1 aromatic heterocycles. The first-order chi connectivity index (χ1) is 7.95. The molecule has 6 heteroatoms. The van der Waals surface area contributed by atoms with Crippen molar-refractivity contribution in [2.24, 2.45) is 0 Å². The van der Waals surface area contributed by atoms with Crippen LogP contribution in [0.4, 0.5) is 8.78 Å². The number of aromatic nitrogens is 1. The molecule has 1 heterocycles. The van der Waals surface area contributed by atoms with Crippen molar-refractivity contribution in [2.45, 2.75) is 26.7 Å². The lowest BCUT2D eigenvalue weighted by molar-refractivity contribution is -0.142. The molecule has 94 valence electrons. The van der Waals surface area contributed by atoms with Gasteiger partial charge in [-0.05, 0) is 48.1 Å². The van der Waals surface area contributed by atoms with Gasteiger partial charge in [-0.2, -0.15) is 0 Å². The van der Waals surface area contributed by atoms with Crippen LogP contribution in [0.15, 0.2) is 6.07 Å². The number of nitrogens with zero attached hydrogens (tertiary/aromatic N) is 1. The first kappa shape index (κ1) is 14.3. The third-order valence-corrected chi connectivity index (χ3v) is 2.75. The monoisotopic (exact) mass is 355 g/mol. The second kappa shape index (κ2) is 6.23. The van der Waals surface area contributed by atoms with E-state index in [9.17, 15) is 13.6 Å². The first-order valence-corrected chi connectivity index (χ1v) is 6.13. The molecule has 0 aliphatic heterocycles. The van der Waals surface area contributed by atoms with Gasteiger partial charge in [-0.3, -0.25) is 4.79 Å². The van der Waals surface area contributed by atoms with Crippen molar-refractivity contribution >= 4 is 28.6 Å². The number of hydrogen-bond acceptors (Lipinski definition) is 3. The molecule has 0 aromatic carbocycles. The van der Waals surface area contributed by atoms with E-state index >= 15 is 0 Å². The fraction of sp³-hybridized carbons (Fsp3) is 0.455. The van der Waals surface area contributed by atoms with Crippen molar-refractivity contribution < 1.29 is 18.3 Å². The highest BCUT2D eigenvalue weighted by molar-refractivity contribution is 14.1. The van der Waals surface area contributed by atoms with Crippen LogP contribution in [0, 0.1) is 10.6 Å². The highest BCUT2D eigenvalue weighted by Crippen LogP contribution is 2.26. The summed E-state index contributed by atoms with van der Waals surface area (Å²) >= 11 is 1.87. The van der Waals surface area contributed by atoms with Gasteiger partial charge in [-0.1, -0.05) is 0 Å². The second-order valence-electron chi connectivity index (χ2n) is 3.38. The molecule has 0 N–H and O–H groups in total. The molecule has 1 aromatic rings. The van der Waals surface area contributed by atoms with Gasteiger partial charge in [0, 0.05) is 11.3 Å². The van der Waals surface area contributed by atoms with Gasteiger partial charge < -0.3 is 4.74 Å². The zero-order chi connectivity index (χ0) is 13.0. The van der Waals surface area contributed by atoms with Gasteiger partial charge in [-0.25, -0.2) is 13.8 Å². The highest BCUT2D eigenvalue weighted by atomic mass is 127. The summed E-state index contributed by atoms with van der Waals surface area (Å²) in [4.78, 5) is 15.4. The molecule has 17 heavy (non-hydrogen) atoms. The molecule has 0 bridgehead atoms. The number of ether oxygens (including phenoxy) is 1. The smallest absolute Gasteiger partial charge is 0.310 e. The Kier molecular flexibility index (Phi) is 5.23. The van der Waals surface area contributed by atoms with Crippen molar-refractivity contribution in [3.05, 3.63) is 26.6 Å². The second-order valence-corrected chi connectivity index (χ2v) is 4.49. The Balaban J connectivity index is 3.08. The van der Waals surface area contributed by atoms with Crippen molar-refractivity contribution in [1.29, 1.82) is 0 Å². The molecule has 0 amide bonds. The van der Waals surface area contributed by atoms with E-state index in [1.54, 1.807) is 13.8 Å². The summed E-state index contributed by atoms with van der Waals surface area (Å²) in [6.45, 7) is 3.52. The van der Waals surface area contributed by atoms with Gasteiger partial charge in [0.15, 0.2) is 0 Å². The zero-order valence-electron chi connectivity index (χ0n) is 9.47. The molecule has 0 atom stereocenters. The van der Waals surface area contributed by atoms with E-state index in [0.717, 1.165) is 0 Å². The van der Waals surface area contributed by atoms with Crippen LogP contribution < -0.4 is 0 Å². The van der Waals surface area contributed by atoms with E-state index in [1.807, 2.05) is 22.6 Å². The summed E-state index contributed by atoms with van der Waals surface area (Å²) in [5.74, 6) is -0.513. The highest BCUT2D eigenvalue weighted by Gasteiger charge is 2.19. The Morgan fingerprint density at radius 1 is 1.59 bits per heavy atom. The Bertz CT molecular complexity index is 424. The van der Waals surface area contributed by atoms with E-state index < -0.39 is 12.4 Å². The topological polar surface area (TPSA) is 39.2 Å². The molecule has 0 aliphatic carbocycles. The van der Waals surface area contributed by atoms with E-state index in [-0.39, 0.29) is 24.2 Å². The van der Waals surface area contributed by atoms with Crippen molar-refractivity contribution in [3.8, 4) is 0 Å². The molecular weight excluding hydrogens is 343 g/mol. The van der Waals surface area contributed by atoms with Crippen LogP contribution >= 0.6 is 22.6 Å². The minimum absolute atomic E-state index is 0.144. The molecule has 0 unspecified atom stereocenters. The number of alkyl halides is 2. The summed E-state index contributed by atoms with van der Waals surface area (Å²) < 4.78 is 30.9. The largest absolute Gasteiger partial charge is 0.466 e. The van der Waals surface area contributed by atoms with Crippen LogP contribution in [-0.4, -0.2) is 17.6 Å². The molecule has 0 spiro atoms. The van der Waals surface area contributed by atoms with Crippen LogP contribution in [-0.2, 0) is 16.0 Å². The van der Waals surface area contributed by atoms with Crippen molar-refractivity contribution in [2.75, 3.05) is 6.61 Å². The molecule has 0 saturated carbocycles. The van der Waals surface area contributed by atoms with Gasteiger partial charge in [0.1, 0.15) is 3.70 Å². The summed E-state index contributed by atoms with van der Waals surface area (Å²) in [5, 5.41) is 0. The van der Waals surface area contributed by atoms with Gasteiger partial charge >= 0.3 is 5.97 Å². The van der Waals surface area contributed by atoms with Crippen LogP contribution in [0.5, 0.6) is 0 Å². The number of rotatable bonds is 4. The van der Waals surface area contributed by atoms with Crippen molar-refractivity contribution in [3.63, 3.8) is 0 Å². The molecular formula is C11H12F2INO2. The molecule has 0 fully saturated rings. The summed E-state index contributed by atoms with van der Waals surface area (Å²) in [6.07, 6.45) is -2.78. The maximum Gasteiger partial charge on any atom is 0.310 e. The van der Waals surface area contributed by atoms with Crippen molar-refractivity contribution in [1.82, 2.24) is 4.98 Å². The normalized spacial score (nSPS) is 10.7. The minimum atomic E-state index is -2.62. The Morgan fingerprint density at radius 3 is 2.76 bits per heavy atom. The maximum atomic E-state index is 12.8. The number of esters is 1. The lowest BCUT2D eigenvalue weighted by atomic mass is 10.0. The minimum Gasteiger partial charge on any atom is -0.466 e. The van der Waals surface area contributed by atoms with Gasteiger partial charge in [0.05, 0.1) is 13.0 Å². The average molecular weight is 355 g/mol. The molecule has 0 radical (unpaired) electrons. The molecule has 0 saturated heterocycles. The van der Waals surface area contributed by atoms with Crippen LogP contribution in [0.25, 0.3) is 0 Å². The maximum absolute atomic E-state index is 12.8. The zero-order valence-corrected chi connectivity index (χ0v) is 11.6. The van der Waals surface area contributed by atoms with Gasteiger partial charge in [0.2, 0.25) is 0 Å². The fourth-order valence-electron chi connectivity index (χ4n) is 1.47. The van der Waals surface area contributed by atoms with Crippen LogP contribution in [0.1, 0.15) is 30.2 Å². The SMILES string of the molecule is CCOC(=O)Cc1c(C(F)F)cc(I)nc1C. The Labute approximate surface area is 112 Å². The first-order valence-electron chi connectivity index (χ1n) is 5.05. The molecule has 0 aliphatic rings. The molecule has 1 rings (SSSR count). The number of hydrogen-bond donors (Lipinski definition) is 0. The fourth-order valence-corrected chi connectivity index (χ4v) is 2.16. The van der Waals surface area contributed by atoms with Gasteiger partial charge in [-0.15, -0.1) is 0 Å². The number of carbonyl (C=O) groups excluding carboxylic acids is 1. The number of halogens is 3. The quantitative estimate of drug-likeness (QED) is 0.474. The van der Waals surface area contributed by atoms with Crippen LogP contribution in [0.2, 0.25) is 0 Å². The third kappa shape index (κ3) is 3.86. The lowest BCUT2D eigenvalue weighted by Crippen LogP contribution is -2.12. The van der Waals surface area contributed by atoms with Crippen LogP contribution in [0.3, 0.4) is 0 Å². The standard InChI is InChI=1S/C11H12F2INO2/c1-3-17-10(16)5-7-6(2)15-9(14)4-8(7)11(12)13/h4,11H,3,5H2,1-2H3. The number of aryl methyl sites for hydroxylation is 1. The Morgan fingerprint density at radius 2 is 2.24 bits per heavy atom. The Hall–Kier alpha value is -0.790. The molecule has 3 nitrogen and oxygen atoms in total. The van der Waals surface area contributed by atoms with E-state index in [4.69, 9.17) is 4.74 Å². The predicted molar refractivity (Wildman–Crippen MR) is 67.0 cm³/mol. The third-order valence-electron chi connectivity index (χ3n) is 2.20. The summed E-state index contributed by atoms with van der Waals surface area (Å²) in [6, 6.07) is 1.30. The average Bonchev–Trinajstić information content (AvgIpc) is 2.21. The predicted octanol–water partition coefficient (Wildman–Crippen LogP) is 3.04. The lowest BCUT2D eigenvalue weighted by Gasteiger charge is -2.11. The number of carbonyl (C=O) groups is 1. The van der Waals surface area contributed by atoms with E-state index in [1.165, 1.54) is 6.07 Å². The summed E-state index contributed by atoms with van der Waals surface area (Å²) in [5.41, 5.74) is 0.564.